The Morgan fingerprint density at radius 1 is 1.73 bits per heavy atom. The Kier molecular flexibility index (Phi) is 2.02. The van der Waals surface area contributed by atoms with Crippen LogP contribution in [0.1, 0.15) is 0 Å². The maximum atomic E-state index is 10.2. The highest BCUT2D eigenvalue weighted by atomic mass is 16.6. The van der Waals surface area contributed by atoms with E-state index in [1.54, 1.807) is 0 Å². The molecule has 0 saturated carbocycles. The van der Waals surface area contributed by atoms with Gasteiger partial charge in [0.05, 0.1) is 17.1 Å². The molecular formula is C6H8N2O3. The zero-order valence-corrected chi connectivity index (χ0v) is 5.68. The number of hydrogen-bond acceptors (Lipinski definition) is 4. The highest BCUT2D eigenvalue weighted by molar-refractivity contribution is 5.22. The van der Waals surface area contributed by atoms with Gasteiger partial charge < -0.3 is 10.8 Å². The molecule has 11 heavy (non-hydrogen) atoms. The second kappa shape index (κ2) is 2.81. The van der Waals surface area contributed by atoms with E-state index in [1.807, 2.05) is 0 Å². The van der Waals surface area contributed by atoms with Crippen LogP contribution >= 0.6 is 0 Å². The van der Waals surface area contributed by atoms with Gasteiger partial charge in [0.25, 0.3) is 5.70 Å². The first-order chi connectivity index (χ1) is 5.11. The highest BCUT2D eigenvalue weighted by Gasteiger charge is 2.19. The number of aliphatic hydroxyl groups is 1. The zero-order chi connectivity index (χ0) is 8.43. The second-order valence-electron chi connectivity index (χ2n) is 2.28. The Labute approximate surface area is 63.0 Å². The van der Waals surface area contributed by atoms with Crippen LogP contribution in [0, 0.1) is 10.1 Å². The van der Waals surface area contributed by atoms with Gasteiger partial charge in [-0.1, -0.05) is 0 Å². The summed E-state index contributed by atoms with van der Waals surface area (Å²) < 4.78 is 0. The standard InChI is InChI=1S/C6H8N2O3/c7-5-3-4(8(10)11)1-2-6(5)9/h1-3,5-6,9H,7H2. The van der Waals surface area contributed by atoms with Crippen LogP contribution in [-0.2, 0) is 0 Å². The van der Waals surface area contributed by atoms with Crippen molar-refractivity contribution in [3.63, 3.8) is 0 Å². The summed E-state index contributed by atoms with van der Waals surface area (Å²) in [4.78, 5) is 9.62. The first-order valence-corrected chi connectivity index (χ1v) is 3.09. The maximum Gasteiger partial charge on any atom is 0.266 e. The summed E-state index contributed by atoms with van der Waals surface area (Å²) >= 11 is 0. The highest BCUT2D eigenvalue weighted by Crippen LogP contribution is 2.09. The molecule has 0 aromatic carbocycles. The van der Waals surface area contributed by atoms with Crippen LogP contribution in [0.4, 0.5) is 0 Å². The van der Waals surface area contributed by atoms with Gasteiger partial charge in [-0.25, -0.2) is 0 Å². The van der Waals surface area contributed by atoms with E-state index in [1.165, 1.54) is 18.2 Å². The fourth-order valence-corrected chi connectivity index (χ4v) is 0.799. The summed E-state index contributed by atoms with van der Waals surface area (Å²) in [7, 11) is 0. The average Bonchev–Trinajstić information content (AvgIpc) is 1.94. The molecule has 60 valence electrons. The molecule has 0 fully saturated rings. The van der Waals surface area contributed by atoms with Crippen molar-refractivity contribution in [1.82, 2.24) is 0 Å². The molecule has 1 aliphatic rings. The predicted molar refractivity (Wildman–Crippen MR) is 38.2 cm³/mol. The van der Waals surface area contributed by atoms with E-state index in [2.05, 4.69) is 0 Å². The lowest BCUT2D eigenvalue weighted by Crippen LogP contribution is -2.33. The van der Waals surface area contributed by atoms with Crippen molar-refractivity contribution in [2.24, 2.45) is 5.73 Å². The zero-order valence-electron chi connectivity index (χ0n) is 5.68. The van der Waals surface area contributed by atoms with Gasteiger partial charge in [-0.05, 0) is 6.08 Å². The molecule has 0 bridgehead atoms. The second-order valence-corrected chi connectivity index (χ2v) is 2.28. The van der Waals surface area contributed by atoms with E-state index in [0.717, 1.165) is 0 Å². The monoisotopic (exact) mass is 156 g/mol. The topological polar surface area (TPSA) is 89.4 Å². The smallest absolute Gasteiger partial charge is 0.266 e. The van der Waals surface area contributed by atoms with Gasteiger partial charge in [0, 0.05) is 12.2 Å². The quantitative estimate of drug-likeness (QED) is 0.392. The fourth-order valence-electron chi connectivity index (χ4n) is 0.799. The third-order valence-electron chi connectivity index (χ3n) is 1.43. The molecule has 5 nitrogen and oxygen atoms in total. The normalized spacial score (nSPS) is 29.8. The number of aliphatic hydroxyl groups excluding tert-OH is 1. The molecule has 0 aromatic heterocycles. The first kappa shape index (κ1) is 7.90. The lowest BCUT2D eigenvalue weighted by Gasteiger charge is -2.13. The van der Waals surface area contributed by atoms with E-state index in [-0.39, 0.29) is 5.70 Å². The summed E-state index contributed by atoms with van der Waals surface area (Å²) in [5.74, 6) is 0. The average molecular weight is 156 g/mol. The molecule has 1 rings (SSSR count). The molecule has 0 radical (unpaired) electrons. The van der Waals surface area contributed by atoms with Crippen molar-refractivity contribution < 1.29 is 10.0 Å². The lowest BCUT2D eigenvalue weighted by atomic mass is 10.1. The van der Waals surface area contributed by atoms with Crippen LogP contribution in [0.2, 0.25) is 0 Å². The Morgan fingerprint density at radius 2 is 2.36 bits per heavy atom. The Morgan fingerprint density at radius 3 is 2.82 bits per heavy atom. The largest absolute Gasteiger partial charge is 0.387 e. The SMILES string of the molecule is NC1C=C([N+](=O)[O-])C=CC1O. The van der Waals surface area contributed by atoms with E-state index >= 15 is 0 Å². The van der Waals surface area contributed by atoms with Crippen molar-refractivity contribution in [2.75, 3.05) is 0 Å². The minimum Gasteiger partial charge on any atom is -0.387 e. The van der Waals surface area contributed by atoms with Crippen LogP contribution in [-0.4, -0.2) is 22.2 Å². The summed E-state index contributed by atoms with van der Waals surface area (Å²) in [5.41, 5.74) is 5.26. The van der Waals surface area contributed by atoms with Crippen molar-refractivity contribution >= 4 is 0 Å². The molecule has 0 aliphatic heterocycles. The Bertz CT molecular complexity index is 234. The van der Waals surface area contributed by atoms with Crippen LogP contribution in [0.5, 0.6) is 0 Å². The minimum atomic E-state index is -0.807. The molecule has 0 amide bonds. The lowest BCUT2D eigenvalue weighted by molar-refractivity contribution is -0.419. The van der Waals surface area contributed by atoms with Crippen molar-refractivity contribution in [2.45, 2.75) is 12.1 Å². The molecule has 0 heterocycles. The molecule has 5 heteroatoms. The van der Waals surface area contributed by atoms with Gasteiger partial charge in [0.1, 0.15) is 0 Å². The number of allylic oxidation sites excluding steroid dienone is 1. The van der Waals surface area contributed by atoms with Gasteiger partial charge in [0.15, 0.2) is 0 Å². The fraction of sp³-hybridized carbons (Fsp3) is 0.333. The third kappa shape index (κ3) is 1.63. The van der Waals surface area contributed by atoms with E-state index in [9.17, 15) is 10.1 Å². The van der Waals surface area contributed by atoms with Gasteiger partial charge in [-0.2, -0.15) is 0 Å². The number of hydrogen-bond donors (Lipinski definition) is 2. The number of rotatable bonds is 1. The molecule has 2 unspecified atom stereocenters. The van der Waals surface area contributed by atoms with Gasteiger partial charge in [-0.3, -0.25) is 10.1 Å². The van der Waals surface area contributed by atoms with Crippen molar-refractivity contribution in [3.8, 4) is 0 Å². The molecule has 0 saturated heterocycles. The van der Waals surface area contributed by atoms with Crippen LogP contribution in [0.15, 0.2) is 23.9 Å². The number of nitrogens with two attached hydrogens (primary N) is 1. The van der Waals surface area contributed by atoms with E-state index < -0.39 is 17.1 Å². The van der Waals surface area contributed by atoms with Gasteiger partial charge in [-0.15, -0.1) is 0 Å². The number of nitrogens with zero attached hydrogens (tertiary/aromatic N) is 1. The molecule has 1 aliphatic carbocycles. The first-order valence-electron chi connectivity index (χ1n) is 3.09. The van der Waals surface area contributed by atoms with Crippen LogP contribution in [0.3, 0.4) is 0 Å². The summed E-state index contributed by atoms with van der Waals surface area (Å²) in [6.45, 7) is 0. The predicted octanol–water partition coefficient (Wildman–Crippen LogP) is -0.595. The molecule has 0 spiro atoms. The van der Waals surface area contributed by atoms with Crippen molar-refractivity contribution in [3.05, 3.63) is 34.0 Å². The minimum absolute atomic E-state index is 0.0669. The summed E-state index contributed by atoms with van der Waals surface area (Å²) in [6, 6.07) is -0.666. The number of nitro groups is 1. The Balaban J connectivity index is 2.80. The molecule has 3 N–H and O–H groups in total. The van der Waals surface area contributed by atoms with Crippen molar-refractivity contribution in [1.29, 1.82) is 0 Å². The molecule has 2 atom stereocenters. The van der Waals surface area contributed by atoms with Crippen LogP contribution < -0.4 is 5.73 Å². The third-order valence-corrected chi connectivity index (χ3v) is 1.43. The Hall–Kier alpha value is -1.20. The van der Waals surface area contributed by atoms with Gasteiger partial charge in [0.2, 0.25) is 0 Å². The molecular weight excluding hydrogens is 148 g/mol. The van der Waals surface area contributed by atoms with Crippen LogP contribution in [0.25, 0.3) is 0 Å². The summed E-state index contributed by atoms with van der Waals surface area (Å²) in [6.07, 6.45) is 2.97. The summed E-state index contributed by atoms with van der Waals surface area (Å²) in [5, 5.41) is 19.2. The van der Waals surface area contributed by atoms with Gasteiger partial charge >= 0.3 is 0 Å². The van der Waals surface area contributed by atoms with E-state index in [4.69, 9.17) is 10.8 Å². The van der Waals surface area contributed by atoms with E-state index in [0.29, 0.717) is 0 Å². The molecule has 0 aromatic rings. The maximum absolute atomic E-state index is 10.2.